The molecule has 36 heavy (non-hydrogen) atoms. The Morgan fingerprint density at radius 2 is 1.67 bits per heavy atom. The lowest BCUT2D eigenvalue weighted by atomic mass is 9.99. The molecule has 3 N–H and O–H groups in total. The first-order chi connectivity index (χ1) is 16.9. The third kappa shape index (κ3) is 6.75. The Bertz CT molecular complexity index is 1300. The van der Waals surface area contributed by atoms with Crippen molar-refractivity contribution in [1.82, 2.24) is 4.90 Å². The van der Waals surface area contributed by atoms with Gasteiger partial charge in [-0.3, -0.25) is 9.59 Å². The molecule has 0 atom stereocenters. The molecule has 3 aromatic carbocycles. The molecule has 0 radical (unpaired) electrons. The smallest absolute Gasteiger partial charge is 0.366 e. The van der Waals surface area contributed by atoms with Crippen LogP contribution >= 0.6 is 23.2 Å². The molecule has 0 aliphatic carbocycles. The van der Waals surface area contributed by atoms with Crippen molar-refractivity contribution in [3.63, 3.8) is 0 Å². The van der Waals surface area contributed by atoms with Crippen LogP contribution in [-0.2, 0) is 19.1 Å². The summed E-state index contributed by atoms with van der Waals surface area (Å²) in [6.45, 7) is 1.87. The quantitative estimate of drug-likeness (QED) is 0.307. The summed E-state index contributed by atoms with van der Waals surface area (Å²) >= 11 is 11.6. The van der Waals surface area contributed by atoms with Crippen LogP contribution in [0.15, 0.2) is 54.6 Å². The van der Waals surface area contributed by atoms with E-state index in [9.17, 15) is 27.2 Å². The molecule has 0 bridgehead atoms. The van der Waals surface area contributed by atoms with Crippen LogP contribution in [-0.4, -0.2) is 30.3 Å². The van der Waals surface area contributed by atoms with E-state index in [2.05, 4.69) is 17.3 Å². The Morgan fingerprint density at radius 3 is 2.31 bits per heavy atom. The number of anilines is 1. The van der Waals surface area contributed by atoms with Crippen LogP contribution in [0.5, 0.6) is 0 Å². The van der Waals surface area contributed by atoms with E-state index in [1.165, 1.54) is 29.3 Å². The third-order valence-electron chi connectivity index (χ3n) is 5.42. The van der Waals surface area contributed by atoms with Crippen LogP contribution in [0.25, 0.3) is 0 Å². The fraction of sp³-hybridized carbons (Fsp3) is 0.200. The summed E-state index contributed by atoms with van der Waals surface area (Å²) in [6, 6.07) is 12.5. The van der Waals surface area contributed by atoms with Crippen molar-refractivity contribution in [2.24, 2.45) is 5.73 Å². The van der Waals surface area contributed by atoms with Gasteiger partial charge in [0.05, 0.1) is 26.7 Å². The number of primary amides is 1. The number of nitrogens with zero attached hydrogens (tertiary/aromatic N) is 1. The first-order valence-corrected chi connectivity index (χ1v) is 11.3. The zero-order valence-corrected chi connectivity index (χ0v) is 20.4. The number of carbonyl (C=O) groups excluding carboxylic acids is 2. The molecule has 0 fully saturated rings. The van der Waals surface area contributed by atoms with Gasteiger partial charge >= 0.3 is 6.18 Å². The maximum absolute atomic E-state index is 13.6. The molecule has 190 valence electrons. The number of fused-ring (bicyclic) bond motifs is 1. The Labute approximate surface area is 214 Å². The number of nitrogens with one attached hydrogen (secondary N) is 1. The molecule has 11 heteroatoms. The van der Waals surface area contributed by atoms with Crippen molar-refractivity contribution < 1.29 is 27.2 Å². The Hall–Kier alpha value is -3.14. The second-order valence-electron chi connectivity index (χ2n) is 8.08. The van der Waals surface area contributed by atoms with Gasteiger partial charge in [0.2, 0.25) is 5.91 Å². The molecule has 3 aromatic rings. The van der Waals surface area contributed by atoms with E-state index in [0.717, 1.165) is 37.7 Å². The Balaban J connectivity index is 0.000000236. The Morgan fingerprint density at radius 1 is 0.972 bits per heavy atom. The van der Waals surface area contributed by atoms with Gasteiger partial charge in [0, 0.05) is 18.8 Å². The van der Waals surface area contributed by atoms with Gasteiger partial charge in [-0.05, 0) is 61.0 Å². The number of amides is 2. The predicted molar refractivity (Wildman–Crippen MR) is 131 cm³/mol. The minimum absolute atomic E-state index is 0.0587. The third-order valence-corrected chi connectivity index (χ3v) is 6.02. The lowest BCUT2D eigenvalue weighted by Crippen LogP contribution is -2.26. The summed E-state index contributed by atoms with van der Waals surface area (Å²) in [5, 5.41) is 2.77. The molecule has 1 aliphatic rings. The number of hydrogen-bond donors (Lipinski definition) is 2. The van der Waals surface area contributed by atoms with E-state index in [0.29, 0.717) is 5.69 Å². The first kappa shape index (κ1) is 27.4. The van der Waals surface area contributed by atoms with Crippen LogP contribution in [0.1, 0.15) is 37.4 Å². The normalized spacial score (nSPS) is 13.3. The molecule has 0 aromatic heterocycles. The van der Waals surface area contributed by atoms with Gasteiger partial charge in [-0.25, -0.2) is 4.39 Å². The van der Waals surface area contributed by atoms with Crippen LogP contribution in [0, 0.1) is 5.82 Å². The van der Waals surface area contributed by atoms with E-state index >= 15 is 0 Å². The first-order valence-electron chi connectivity index (χ1n) is 10.6. The number of halogens is 6. The number of likely N-dealkylation sites (N-methyl/N-ethyl adjacent to an activating group) is 1. The van der Waals surface area contributed by atoms with Crippen molar-refractivity contribution in [2.75, 3.05) is 18.9 Å². The number of hydrogen-bond acceptors (Lipinski definition) is 3. The van der Waals surface area contributed by atoms with Crippen molar-refractivity contribution >= 4 is 40.7 Å². The minimum atomic E-state index is -4.54. The average Bonchev–Trinajstić information content (AvgIpc) is 2.81. The highest BCUT2D eigenvalue weighted by Crippen LogP contribution is 2.31. The van der Waals surface area contributed by atoms with E-state index in [1.54, 1.807) is 0 Å². The topological polar surface area (TPSA) is 75.4 Å². The standard InChI is InChI=1S/C17H15Cl2FN2O.C8H6F3NO/c1-22-5-4-10-2-3-12(6-11(10)9-22)21-17(23)13-7-16(20)15(19)8-14(13)18;9-8(10,11)6-4-2-1-3-5(6)7(12)13/h2-3,6-8H,4-5,9H2,1H3,(H,21,23);1-4H,(H2,12,13). The fourth-order valence-corrected chi connectivity index (χ4v) is 4.09. The molecule has 1 aliphatic heterocycles. The van der Waals surface area contributed by atoms with E-state index in [1.807, 2.05) is 18.2 Å². The van der Waals surface area contributed by atoms with Gasteiger partial charge in [-0.2, -0.15) is 13.2 Å². The molecular formula is C25H21Cl2F4N3O2. The van der Waals surface area contributed by atoms with Crippen molar-refractivity contribution in [2.45, 2.75) is 19.1 Å². The van der Waals surface area contributed by atoms with Crippen molar-refractivity contribution in [3.8, 4) is 0 Å². The number of nitrogens with two attached hydrogens (primary N) is 1. The zero-order chi connectivity index (χ0) is 26.6. The summed E-state index contributed by atoms with van der Waals surface area (Å²) in [7, 11) is 2.06. The van der Waals surface area contributed by atoms with Gasteiger partial charge in [0.1, 0.15) is 5.82 Å². The maximum atomic E-state index is 13.6. The predicted octanol–water partition coefficient (Wildman–Crippen LogP) is 6.18. The minimum Gasteiger partial charge on any atom is -0.366 e. The van der Waals surface area contributed by atoms with Crippen molar-refractivity contribution in [1.29, 1.82) is 0 Å². The highest BCUT2D eigenvalue weighted by Gasteiger charge is 2.34. The molecule has 0 unspecified atom stereocenters. The number of benzene rings is 3. The molecule has 0 spiro atoms. The summed E-state index contributed by atoms with van der Waals surface area (Å²) in [5.74, 6) is -2.21. The van der Waals surface area contributed by atoms with Gasteiger partial charge in [0.15, 0.2) is 0 Å². The lowest BCUT2D eigenvalue weighted by Gasteiger charge is -2.25. The zero-order valence-electron chi connectivity index (χ0n) is 18.9. The molecule has 0 saturated heterocycles. The van der Waals surface area contributed by atoms with Crippen LogP contribution in [0.2, 0.25) is 10.0 Å². The molecule has 5 nitrogen and oxygen atoms in total. The summed E-state index contributed by atoms with van der Waals surface area (Å²) < 4.78 is 50.2. The molecule has 4 rings (SSSR count). The summed E-state index contributed by atoms with van der Waals surface area (Å²) in [6.07, 6.45) is -3.54. The van der Waals surface area contributed by atoms with Crippen LogP contribution in [0.3, 0.4) is 0 Å². The highest BCUT2D eigenvalue weighted by molar-refractivity contribution is 6.37. The van der Waals surface area contributed by atoms with E-state index in [4.69, 9.17) is 28.9 Å². The molecule has 2 amide bonds. The largest absolute Gasteiger partial charge is 0.417 e. The fourth-order valence-electron chi connectivity index (χ4n) is 3.62. The van der Waals surface area contributed by atoms with Gasteiger partial charge < -0.3 is 16.0 Å². The average molecular weight is 542 g/mol. The van der Waals surface area contributed by atoms with E-state index < -0.39 is 34.9 Å². The maximum Gasteiger partial charge on any atom is 0.417 e. The van der Waals surface area contributed by atoms with Crippen molar-refractivity contribution in [3.05, 3.63) is 98.3 Å². The SMILES string of the molecule is CN1CCc2ccc(NC(=O)c3cc(F)c(Cl)cc3Cl)cc2C1.NC(=O)c1ccccc1C(F)(F)F. The number of alkyl halides is 3. The molecule has 1 heterocycles. The van der Waals surface area contributed by atoms with Crippen LogP contribution in [0.4, 0.5) is 23.2 Å². The second kappa shape index (κ2) is 11.3. The number of carbonyl (C=O) groups is 2. The highest BCUT2D eigenvalue weighted by atomic mass is 35.5. The van der Waals surface area contributed by atoms with Gasteiger partial charge in [0.25, 0.3) is 5.91 Å². The van der Waals surface area contributed by atoms with Crippen LogP contribution < -0.4 is 11.1 Å². The summed E-state index contributed by atoms with van der Waals surface area (Å²) in [5.41, 5.74) is 6.46. The number of rotatable bonds is 3. The van der Waals surface area contributed by atoms with Gasteiger partial charge in [-0.15, -0.1) is 0 Å². The lowest BCUT2D eigenvalue weighted by molar-refractivity contribution is -0.137. The molecule has 0 saturated carbocycles. The van der Waals surface area contributed by atoms with E-state index in [-0.39, 0.29) is 15.6 Å². The molecular weight excluding hydrogens is 521 g/mol. The van der Waals surface area contributed by atoms with Gasteiger partial charge in [-0.1, -0.05) is 41.4 Å². The second-order valence-corrected chi connectivity index (χ2v) is 8.89. The Kier molecular flexibility index (Phi) is 8.60. The summed E-state index contributed by atoms with van der Waals surface area (Å²) in [4.78, 5) is 25.1. The monoisotopic (exact) mass is 541 g/mol.